The van der Waals surface area contributed by atoms with Gasteiger partial charge in [0.15, 0.2) is 4.83 Å². The lowest BCUT2D eigenvalue weighted by atomic mass is 10.1. The number of nitrogens with one attached hydrogen (secondary N) is 1. The third-order valence-corrected chi connectivity index (χ3v) is 7.60. The maximum absolute atomic E-state index is 13.9. The van der Waals surface area contributed by atoms with Crippen molar-refractivity contribution < 1.29 is 18.7 Å². The van der Waals surface area contributed by atoms with E-state index in [2.05, 4.69) is 9.69 Å². The first kappa shape index (κ1) is 31.8. The van der Waals surface area contributed by atoms with Crippen molar-refractivity contribution in [2.75, 3.05) is 19.6 Å². The molecule has 0 saturated carbocycles. The summed E-state index contributed by atoms with van der Waals surface area (Å²) in [6.45, 7) is 10.5. The first-order valence-electron chi connectivity index (χ1n) is 14.3. The van der Waals surface area contributed by atoms with Gasteiger partial charge < -0.3 is 15.0 Å². The zero-order chi connectivity index (χ0) is 31.1. The summed E-state index contributed by atoms with van der Waals surface area (Å²) in [4.78, 5) is 46.2. The molecule has 2 aromatic carbocycles. The van der Waals surface area contributed by atoms with Gasteiger partial charge in [0, 0.05) is 31.6 Å². The molecule has 2 amide bonds. The van der Waals surface area contributed by atoms with Crippen molar-refractivity contribution in [2.45, 2.75) is 66.0 Å². The lowest BCUT2D eigenvalue weighted by molar-refractivity contribution is 0.0525. The van der Waals surface area contributed by atoms with Gasteiger partial charge in [0.1, 0.15) is 17.2 Å². The summed E-state index contributed by atoms with van der Waals surface area (Å²) in [6.07, 6.45) is 0.993. The van der Waals surface area contributed by atoms with Crippen LogP contribution in [0.2, 0.25) is 0 Å². The van der Waals surface area contributed by atoms with Gasteiger partial charge in [-0.2, -0.15) is 4.37 Å². The Hall–Kier alpha value is -4.12. The van der Waals surface area contributed by atoms with E-state index in [-0.39, 0.29) is 23.8 Å². The second-order valence-corrected chi connectivity index (χ2v) is 12.3. The fraction of sp³-hybridized carbons (Fsp3) is 0.406. The number of nitrogens with zero attached hydrogens (tertiary/aromatic N) is 4. The molecule has 0 aliphatic heterocycles. The van der Waals surface area contributed by atoms with E-state index in [1.54, 1.807) is 49.3 Å². The number of ether oxygens (including phenoxy) is 1. The van der Waals surface area contributed by atoms with Crippen LogP contribution in [0.1, 0.15) is 66.6 Å². The Labute approximate surface area is 254 Å². The number of hydrogen-bond acceptors (Lipinski definition) is 7. The standard InChI is InChI=1S/C32H38FN5O4S/c1-21-12-14-24(15-13-21)29(39)37(18-8-16-34-31(41)42-32(3,4)5)17-7-11-26-35-28-27(22(2)36-43-28)30(40)38(26)20-23-9-6-10-25(33)19-23/h6,9-10,12-15,19H,7-8,11,16-18,20H2,1-5H3,(H,34,41). The van der Waals surface area contributed by atoms with Crippen LogP contribution in [0.25, 0.3) is 10.2 Å². The molecule has 0 atom stereocenters. The van der Waals surface area contributed by atoms with Gasteiger partial charge >= 0.3 is 6.09 Å². The number of fused-ring (bicyclic) bond motifs is 1. The van der Waals surface area contributed by atoms with Crippen molar-refractivity contribution in [3.05, 3.63) is 92.9 Å². The summed E-state index contributed by atoms with van der Waals surface area (Å²) in [5.74, 6) is 0.0663. The molecule has 0 bridgehead atoms. The molecule has 0 aliphatic carbocycles. The van der Waals surface area contributed by atoms with E-state index in [9.17, 15) is 18.8 Å². The van der Waals surface area contributed by atoms with Crippen LogP contribution in [0.15, 0.2) is 53.3 Å². The summed E-state index contributed by atoms with van der Waals surface area (Å²) >= 11 is 1.18. The van der Waals surface area contributed by atoms with Crippen LogP contribution >= 0.6 is 11.5 Å². The molecule has 2 aromatic heterocycles. The van der Waals surface area contributed by atoms with Gasteiger partial charge in [0.05, 0.1) is 17.6 Å². The van der Waals surface area contributed by atoms with Crippen LogP contribution in [0.5, 0.6) is 0 Å². The van der Waals surface area contributed by atoms with E-state index in [0.717, 1.165) is 5.56 Å². The van der Waals surface area contributed by atoms with Gasteiger partial charge in [-0.15, -0.1) is 0 Å². The summed E-state index contributed by atoms with van der Waals surface area (Å²) < 4.78 is 25.1. The molecule has 4 aromatic rings. The molecule has 0 aliphatic rings. The van der Waals surface area contributed by atoms with E-state index in [1.807, 2.05) is 31.2 Å². The van der Waals surface area contributed by atoms with Gasteiger partial charge in [-0.25, -0.2) is 14.2 Å². The lowest BCUT2D eigenvalue weighted by Crippen LogP contribution is -2.37. The largest absolute Gasteiger partial charge is 0.444 e. The van der Waals surface area contributed by atoms with E-state index in [4.69, 9.17) is 9.72 Å². The lowest BCUT2D eigenvalue weighted by Gasteiger charge is -2.24. The number of aryl methyl sites for hydroxylation is 3. The van der Waals surface area contributed by atoms with E-state index in [1.165, 1.54) is 23.7 Å². The molecule has 4 rings (SSSR count). The van der Waals surface area contributed by atoms with Crippen molar-refractivity contribution in [1.82, 2.24) is 24.1 Å². The molecule has 0 saturated heterocycles. The normalized spacial score (nSPS) is 11.5. The maximum atomic E-state index is 13.9. The summed E-state index contributed by atoms with van der Waals surface area (Å²) in [5, 5.41) is 3.21. The zero-order valence-corrected chi connectivity index (χ0v) is 26.1. The molecule has 0 spiro atoms. The minimum atomic E-state index is -0.595. The monoisotopic (exact) mass is 607 g/mol. The Morgan fingerprint density at radius 3 is 2.49 bits per heavy atom. The predicted molar refractivity (Wildman–Crippen MR) is 166 cm³/mol. The fourth-order valence-electron chi connectivity index (χ4n) is 4.68. The van der Waals surface area contributed by atoms with Gasteiger partial charge in [-0.3, -0.25) is 14.2 Å². The summed E-state index contributed by atoms with van der Waals surface area (Å²) in [6, 6.07) is 13.6. The smallest absolute Gasteiger partial charge is 0.407 e. The number of rotatable bonds is 11. The highest BCUT2D eigenvalue weighted by Gasteiger charge is 2.20. The number of amides is 2. The van der Waals surface area contributed by atoms with E-state index in [0.29, 0.717) is 71.8 Å². The number of alkyl carbamates (subject to hydrolysis) is 1. The highest BCUT2D eigenvalue weighted by molar-refractivity contribution is 7.12. The maximum Gasteiger partial charge on any atom is 0.407 e. The van der Waals surface area contributed by atoms with E-state index >= 15 is 0 Å². The SMILES string of the molecule is Cc1ccc(C(=O)N(CCCNC(=O)OC(C)(C)C)CCCc2nc3snc(C)c3c(=O)n2Cc2cccc(F)c2)cc1. The topological polar surface area (TPSA) is 106 Å². The Morgan fingerprint density at radius 1 is 1.07 bits per heavy atom. The third-order valence-electron chi connectivity index (χ3n) is 6.76. The summed E-state index contributed by atoms with van der Waals surface area (Å²) in [5.41, 5.74) is 2.10. The number of hydrogen-bond donors (Lipinski definition) is 1. The highest BCUT2D eigenvalue weighted by atomic mass is 32.1. The molecule has 0 unspecified atom stereocenters. The Bertz CT molecular complexity index is 1640. The molecule has 228 valence electrons. The van der Waals surface area contributed by atoms with Crippen molar-refractivity contribution in [3.63, 3.8) is 0 Å². The van der Waals surface area contributed by atoms with Crippen molar-refractivity contribution >= 4 is 33.7 Å². The van der Waals surface area contributed by atoms with E-state index < -0.39 is 11.7 Å². The van der Waals surface area contributed by atoms with Gasteiger partial charge in [-0.1, -0.05) is 29.8 Å². The Balaban J connectivity index is 1.50. The van der Waals surface area contributed by atoms with Crippen LogP contribution < -0.4 is 10.9 Å². The summed E-state index contributed by atoms with van der Waals surface area (Å²) in [7, 11) is 0. The molecular weight excluding hydrogens is 569 g/mol. The molecule has 0 radical (unpaired) electrons. The first-order chi connectivity index (χ1) is 20.4. The second-order valence-electron chi connectivity index (χ2n) is 11.5. The average Bonchev–Trinajstić information content (AvgIpc) is 3.31. The minimum Gasteiger partial charge on any atom is -0.444 e. The number of aromatic nitrogens is 3. The van der Waals surface area contributed by atoms with Gasteiger partial charge in [0.25, 0.3) is 11.5 Å². The molecule has 0 fully saturated rings. The van der Waals surface area contributed by atoms with Crippen molar-refractivity contribution in [1.29, 1.82) is 0 Å². The third kappa shape index (κ3) is 8.70. The molecule has 9 nitrogen and oxygen atoms in total. The molecule has 2 heterocycles. The number of carbonyl (C=O) groups is 2. The van der Waals surface area contributed by atoms with Gasteiger partial charge in [-0.05, 0) is 88.8 Å². The predicted octanol–water partition coefficient (Wildman–Crippen LogP) is 5.65. The highest BCUT2D eigenvalue weighted by Crippen LogP contribution is 2.19. The van der Waals surface area contributed by atoms with Crippen LogP contribution in [0.4, 0.5) is 9.18 Å². The van der Waals surface area contributed by atoms with Crippen LogP contribution in [0, 0.1) is 19.7 Å². The molecular formula is C32H38FN5O4S. The molecule has 43 heavy (non-hydrogen) atoms. The zero-order valence-electron chi connectivity index (χ0n) is 25.3. The van der Waals surface area contributed by atoms with Crippen LogP contribution in [-0.2, 0) is 17.7 Å². The first-order valence-corrected chi connectivity index (χ1v) is 15.1. The fourth-order valence-corrected chi connectivity index (χ4v) is 5.47. The number of benzene rings is 2. The Morgan fingerprint density at radius 2 is 1.79 bits per heavy atom. The van der Waals surface area contributed by atoms with Crippen molar-refractivity contribution in [2.24, 2.45) is 0 Å². The number of halogens is 1. The number of carbonyl (C=O) groups excluding carboxylic acids is 2. The minimum absolute atomic E-state index is 0.115. The van der Waals surface area contributed by atoms with Gasteiger partial charge in [0.2, 0.25) is 0 Å². The van der Waals surface area contributed by atoms with Crippen LogP contribution in [0.3, 0.4) is 0 Å². The molecule has 11 heteroatoms. The average molecular weight is 608 g/mol. The Kier molecular flexibility index (Phi) is 10.3. The molecule has 1 N–H and O–H groups in total. The second kappa shape index (κ2) is 13.9. The van der Waals surface area contributed by atoms with Crippen LogP contribution in [-0.4, -0.2) is 56.1 Å². The quantitative estimate of drug-likeness (QED) is 0.221. The van der Waals surface area contributed by atoms with Crippen molar-refractivity contribution in [3.8, 4) is 0 Å².